The van der Waals surface area contributed by atoms with Crippen LogP contribution in [-0.2, 0) is 7.05 Å². The zero-order valence-electron chi connectivity index (χ0n) is 11.1. The summed E-state index contributed by atoms with van der Waals surface area (Å²) >= 11 is 9.60. The molecule has 2 aromatic heterocycles. The minimum atomic E-state index is 0.143. The lowest BCUT2D eigenvalue weighted by Crippen LogP contribution is -2.07. The van der Waals surface area contributed by atoms with Crippen LogP contribution in [0.1, 0.15) is 17.2 Å². The molecular weight excluding hydrogens is 354 g/mol. The van der Waals surface area contributed by atoms with E-state index in [1.165, 1.54) is 5.56 Å². The number of halogens is 2. The molecule has 0 radical (unpaired) electrons. The maximum Gasteiger partial charge on any atom is 0.224 e. The molecular formula is C14H11BrClN5. The van der Waals surface area contributed by atoms with Crippen LogP contribution in [0.25, 0.3) is 11.0 Å². The summed E-state index contributed by atoms with van der Waals surface area (Å²) in [6, 6.07) is 6.22. The molecule has 0 amide bonds. The normalized spacial score (nSPS) is 17.0. The summed E-state index contributed by atoms with van der Waals surface area (Å²) in [6.07, 6.45) is 1.94. The molecule has 5 nitrogen and oxygen atoms in total. The van der Waals surface area contributed by atoms with Gasteiger partial charge >= 0.3 is 0 Å². The summed E-state index contributed by atoms with van der Waals surface area (Å²) in [5.74, 6) is 0.143. The second-order valence-corrected chi connectivity index (χ2v) is 6.34. The lowest BCUT2D eigenvalue weighted by Gasteiger charge is -2.11. The van der Waals surface area contributed by atoms with Gasteiger partial charge in [-0.3, -0.25) is 4.68 Å². The molecule has 0 saturated carbocycles. The highest BCUT2D eigenvalue weighted by Crippen LogP contribution is 2.39. The number of fused-ring (bicyclic) bond motifs is 2. The Morgan fingerprint density at radius 2 is 2.24 bits per heavy atom. The van der Waals surface area contributed by atoms with Gasteiger partial charge in [0.25, 0.3) is 0 Å². The minimum absolute atomic E-state index is 0.143. The number of rotatable bonds is 1. The molecule has 1 unspecified atom stereocenters. The van der Waals surface area contributed by atoms with Crippen LogP contribution in [0.2, 0.25) is 5.28 Å². The van der Waals surface area contributed by atoms with Crippen molar-refractivity contribution in [3.05, 3.63) is 45.4 Å². The van der Waals surface area contributed by atoms with E-state index in [1.807, 2.05) is 19.3 Å². The SMILES string of the molecule is Cn1cc2c(C3CNc4ccc(Br)cc43)nc(Cl)nc2n1. The van der Waals surface area contributed by atoms with Crippen LogP contribution in [0.5, 0.6) is 0 Å². The van der Waals surface area contributed by atoms with Crippen molar-refractivity contribution in [2.24, 2.45) is 7.05 Å². The fraction of sp³-hybridized carbons (Fsp3) is 0.214. The summed E-state index contributed by atoms with van der Waals surface area (Å²) in [4.78, 5) is 8.67. The van der Waals surface area contributed by atoms with Crippen LogP contribution >= 0.6 is 27.5 Å². The van der Waals surface area contributed by atoms with E-state index in [2.05, 4.69) is 48.4 Å². The summed E-state index contributed by atoms with van der Waals surface area (Å²) in [5, 5.41) is 8.93. The number of benzene rings is 1. The van der Waals surface area contributed by atoms with Crippen molar-refractivity contribution in [3.8, 4) is 0 Å². The van der Waals surface area contributed by atoms with Gasteiger partial charge in [-0.25, -0.2) is 4.98 Å². The number of hydrogen-bond donors (Lipinski definition) is 1. The first kappa shape index (κ1) is 13.0. The van der Waals surface area contributed by atoms with E-state index in [4.69, 9.17) is 11.6 Å². The molecule has 0 aliphatic carbocycles. The van der Waals surface area contributed by atoms with E-state index in [0.29, 0.717) is 5.65 Å². The fourth-order valence-corrected chi connectivity index (χ4v) is 3.38. The molecule has 0 saturated heterocycles. The molecule has 0 bridgehead atoms. The highest BCUT2D eigenvalue weighted by molar-refractivity contribution is 9.10. The predicted molar refractivity (Wildman–Crippen MR) is 85.8 cm³/mol. The molecule has 1 atom stereocenters. The summed E-state index contributed by atoms with van der Waals surface area (Å²) in [6.45, 7) is 0.795. The standard InChI is InChI=1S/C14H11BrClN5/c1-21-6-10-12(18-14(16)19-13(10)20-21)9-5-17-11-3-2-7(15)4-8(9)11/h2-4,6,9,17H,5H2,1H3. The number of nitrogens with one attached hydrogen (secondary N) is 1. The molecule has 106 valence electrons. The Kier molecular flexibility index (Phi) is 2.90. The van der Waals surface area contributed by atoms with Gasteiger partial charge in [-0.05, 0) is 35.4 Å². The molecule has 0 fully saturated rings. The average molecular weight is 365 g/mol. The van der Waals surface area contributed by atoms with Crippen LogP contribution in [0.3, 0.4) is 0 Å². The van der Waals surface area contributed by atoms with Gasteiger partial charge in [0.2, 0.25) is 5.28 Å². The quantitative estimate of drug-likeness (QED) is 0.673. The zero-order chi connectivity index (χ0) is 14.6. The van der Waals surface area contributed by atoms with Gasteiger partial charge in [-0.15, -0.1) is 0 Å². The first-order valence-corrected chi connectivity index (χ1v) is 7.69. The second-order valence-electron chi connectivity index (χ2n) is 5.08. The highest BCUT2D eigenvalue weighted by Gasteiger charge is 2.28. The topological polar surface area (TPSA) is 55.6 Å². The first-order valence-electron chi connectivity index (χ1n) is 6.52. The van der Waals surface area contributed by atoms with Gasteiger partial charge in [0, 0.05) is 35.9 Å². The van der Waals surface area contributed by atoms with Crippen molar-refractivity contribution in [2.45, 2.75) is 5.92 Å². The van der Waals surface area contributed by atoms with Crippen LogP contribution in [-0.4, -0.2) is 26.3 Å². The monoisotopic (exact) mass is 363 g/mol. The third kappa shape index (κ3) is 2.10. The van der Waals surface area contributed by atoms with Crippen molar-refractivity contribution in [2.75, 3.05) is 11.9 Å². The van der Waals surface area contributed by atoms with Crippen LogP contribution < -0.4 is 5.32 Å². The summed E-state index contributed by atoms with van der Waals surface area (Å²) < 4.78 is 2.79. The van der Waals surface area contributed by atoms with Gasteiger partial charge in [-0.1, -0.05) is 15.9 Å². The maximum atomic E-state index is 6.07. The first-order chi connectivity index (χ1) is 10.1. The molecule has 4 rings (SSSR count). The van der Waals surface area contributed by atoms with E-state index in [-0.39, 0.29) is 11.2 Å². The molecule has 3 heterocycles. The van der Waals surface area contributed by atoms with E-state index in [1.54, 1.807) is 4.68 Å². The van der Waals surface area contributed by atoms with E-state index in [9.17, 15) is 0 Å². The predicted octanol–water partition coefficient (Wildman–Crippen LogP) is 3.34. The second kappa shape index (κ2) is 4.68. The van der Waals surface area contributed by atoms with Gasteiger partial charge in [-0.2, -0.15) is 10.1 Å². The van der Waals surface area contributed by atoms with Crippen LogP contribution in [0.15, 0.2) is 28.9 Å². The molecule has 7 heteroatoms. The van der Waals surface area contributed by atoms with Crippen molar-refractivity contribution >= 4 is 44.3 Å². The third-order valence-electron chi connectivity index (χ3n) is 3.71. The Morgan fingerprint density at radius 1 is 1.38 bits per heavy atom. The third-order valence-corrected chi connectivity index (χ3v) is 4.37. The Hall–Kier alpha value is -1.66. The Balaban J connectivity index is 1.94. The molecule has 1 aromatic carbocycles. The molecule has 1 aliphatic rings. The number of aromatic nitrogens is 4. The van der Waals surface area contributed by atoms with Crippen molar-refractivity contribution in [1.29, 1.82) is 0 Å². The van der Waals surface area contributed by atoms with Crippen molar-refractivity contribution < 1.29 is 0 Å². The van der Waals surface area contributed by atoms with Crippen molar-refractivity contribution in [3.63, 3.8) is 0 Å². The Bertz CT molecular complexity index is 860. The van der Waals surface area contributed by atoms with E-state index < -0.39 is 0 Å². The Labute approximate surface area is 134 Å². The number of nitrogens with zero attached hydrogens (tertiary/aromatic N) is 4. The number of hydrogen-bond acceptors (Lipinski definition) is 4. The Morgan fingerprint density at radius 3 is 3.10 bits per heavy atom. The number of anilines is 1. The molecule has 0 spiro atoms. The lowest BCUT2D eigenvalue weighted by atomic mass is 9.96. The largest absolute Gasteiger partial charge is 0.384 e. The van der Waals surface area contributed by atoms with Gasteiger partial charge in [0.05, 0.1) is 11.1 Å². The minimum Gasteiger partial charge on any atom is -0.384 e. The number of aryl methyl sites for hydroxylation is 1. The van der Waals surface area contributed by atoms with Gasteiger partial charge < -0.3 is 5.32 Å². The summed E-state index contributed by atoms with van der Waals surface area (Å²) in [5.41, 5.74) is 3.90. The van der Waals surface area contributed by atoms with Crippen LogP contribution in [0, 0.1) is 0 Å². The summed E-state index contributed by atoms with van der Waals surface area (Å²) in [7, 11) is 1.87. The highest BCUT2D eigenvalue weighted by atomic mass is 79.9. The van der Waals surface area contributed by atoms with Crippen molar-refractivity contribution in [1.82, 2.24) is 19.7 Å². The zero-order valence-corrected chi connectivity index (χ0v) is 13.5. The molecule has 21 heavy (non-hydrogen) atoms. The molecule has 3 aromatic rings. The smallest absolute Gasteiger partial charge is 0.224 e. The maximum absolute atomic E-state index is 6.07. The van der Waals surface area contributed by atoms with Gasteiger partial charge in [0.15, 0.2) is 5.65 Å². The van der Waals surface area contributed by atoms with E-state index in [0.717, 1.165) is 27.8 Å². The molecule has 1 aliphatic heterocycles. The van der Waals surface area contributed by atoms with Gasteiger partial charge in [0.1, 0.15) is 0 Å². The average Bonchev–Trinajstić information content (AvgIpc) is 3.00. The lowest BCUT2D eigenvalue weighted by molar-refractivity contribution is 0.775. The fourth-order valence-electron chi connectivity index (χ4n) is 2.83. The van der Waals surface area contributed by atoms with Crippen LogP contribution in [0.4, 0.5) is 5.69 Å². The molecule has 1 N–H and O–H groups in total. The van der Waals surface area contributed by atoms with E-state index >= 15 is 0 Å².